The Bertz CT molecular complexity index is 696. The Kier molecular flexibility index (Phi) is 4.54. The van der Waals surface area contributed by atoms with Crippen LogP contribution in [0.25, 0.3) is 4.96 Å². The Hall–Kier alpha value is -1.41. The third-order valence-electron chi connectivity index (χ3n) is 3.11. The summed E-state index contributed by atoms with van der Waals surface area (Å²) in [6, 6.07) is 6.81. The van der Waals surface area contributed by atoms with Crippen molar-refractivity contribution in [2.24, 2.45) is 5.84 Å². The van der Waals surface area contributed by atoms with Crippen molar-refractivity contribution in [2.45, 2.75) is 17.4 Å². The number of rotatable bonds is 6. The molecule has 0 aliphatic rings. The van der Waals surface area contributed by atoms with Crippen molar-refractivity contribution < 1.29 is 4.39 Å². The number of thiazole rings is 1. The number of nitrogens with two attached hydrogens (primary N) is 1. The molecule has 7 heteroatoms. The van der Waals surface area contributed by atoms with Crippen molar-refractivity contribution in [3.05, 3.63) is 53.6 Å². The van der Waals surface area contributed by atoms with E-state index in [-0.39, 0.29) is 11.9 Å². The minimum absolute atomic E-state index is 0.0409. The average molecular weight is 322 g/mol. The predicted octanol–water partition coefficient (Wildman–Crippen LogP) is 2.70. The first-order valence-corrected chi connectivity index (χ1v) is 8.37. The van der Waals surface area contributed by atoms with Crippen molar-refractivity contribution >= 4 is 28.1 Å². The lowest BCUT2D eigenvalue weighted by Gasteiger charge is -2.14. The summed E-state index contributed by atoms with van der Waals surface area (Å²) in [5.41, 5.74) is 3.77. The molecule has 4 nitrogen and oxygen atoms in total. The zero-order chi connectivity index (χ0) is 14.7. The van der Waals surface area contributed by atoms with Crippen LogP contribution in [0.5, 0.6) is 0 Å². The molecular formula is C14H15FN4S2. The van der Waals surface area contributed by atoms with Crippen LogP contribution in [-0.2, 0) is 6.42 Å². The van der Waals surface area contributed by atoms with Crippen LogP contribution in [0.4, 0.5) is 4.39 Å². The highest BCUT2D eigenvalue weighted by atomic mass is 32.2. The fourth-order valence-corrected chi connectivity index (χ4v) is 3.74. The van der Waals surface area contributed by atoms with Crippen LogP contribution < -0.4 is 11.3 Å². The summed E-state index contributed by atoms with van der Waals surface area (Å²) in [6.45, 7) is 0. The zero-order valence-corrected chi connectivity index (χ0v) is 12.8. The van der Waals surface area contributed by atoms with Gasteiger partial charge in [-0.3, -0.25) is 15.7 Å². The van der Waals surface area contributed by atoms with E-state index in [9.17, 15) is 4.39 Å². The summed E-state index contributed by atoms with van der Waals surface area (Å²) in [6.07, 6.45) is 4.70. The number of imidazole rings is 1. The third kappa shape index (κ3) is 3.44. The van der Waals surface area contributed by atoms with Crippen molar-refractivity contribution in [1.82, 2.24) is 14.8 Å². The van der Waals surface area contributed by atoms with Gasteiger partial charge in [0.2, 0.25) is 0 Å². The van der Waals surface area contributed by atoms with Gasteiger partial charge in [-0.05, 0) is 12.1 Å². The number of nitrogens with one attached hydrogen (secondary N) is 1. The molecule has 1 aromatic carbocycles. The van der Waals surface area contributed by atoms with E-state index in [0.717, 1.165) is 10.7 Å². The largest absolute Gasteiger partial charge is 0.297 e. The molecule has 1 atom stereocenters. The number of nitrogens with zero attached hydrogens (tertiary/aromatic N) is 2. The molecule has 0 amide bonds. The normalized spacial score (nSPS) is 12.9. The Morgan fingerprint density at radius 3 is 3.05 bits per heavy atom. The Balaban J connectivity index is 1.62. The maximum atomic E-state index is 13.6. The van der Waals surface area contributed by atoms with E-state index in [1.54, 1.807) is 23.5 Å². The monoisotopic (exact) mass is 322 g/mol. The molecule has 2 heterocycles. The van der Waals surface area contributed by atoms with Gasteiger partial charge in [0, 0.05) is 40.9 Å². The van der Waals surface area contributed by atoms with E-state index in [1.807, 2.05) is 28.2 Å². The second-order valence-corrected chi connectivity index (χ2v) is 6.57. The van der Waals surface area contributed by atoms with E-state index < -0.39 is 0 Å². The van der Waals surface area contributed by atoms with Crippen molar-refractivity contribution in [3.63, 3.8) is 0 Å². The summed E-state index contributed by atoms with van der Waals surface area (Å²) >= 11 is 3.06. The van der Waals surface area contributed by atoms with E-state index in [2.05, 4.69) is 10.4 Å². The molecule has 0 aliphatic heterocycles. The number of hydrogen-bond acceptors (Lipinski definition) is 5. The van der Waals surface area contributed by atoms with Gasteiger partial charge in [-0.25, -0.2) is 9.37 Å². The summed E-state index contributed by atoms with van der Waals surface area (Å²) in [7, 11) is 0. The van der Waals surface area contributed by atoms with Gasteiger partial charge in [0.15, 0.2) is 4.96 Å². The standard InChI is InChI=1S/C14H15FN4S2/c15-12-3-1-2-4-13(12)21-9-11(18-16)7-10-8-19-5-6-20-14(19)17-10/h1-6,8,11,18H,7,9,16H2. The molecular weight excluding hydrogens is 307 g/mol. The van der Waals surface area contributed by atoms with Gasteiger partial charge in [0.25, 0.3) is 0 Å². The van der Waals surface area contributed by atoms with E-state index in [0.29, 0.717) is 17.1 Å². The summed E-state index contributed by atoms with van der Waals surface area (Å²) < 4.78 is 15.6. The molecule has 2 aromatic heterocycles. The number of halogens is 1. The Labute approximate surface area is 130 Å². The van der Waals surface area contributed by atoms with Crippen LogP contribution in [0.1, 0.15) is 5.69 Å². The number of benzene rings is 1. The van der Waals surface area contributed by atoms with Gasteiger partial charge >= 0.3 is 0 Å². The molecule has 3 aromatic rings. The smallest absolute Gasteiger partial charge is 0.193 e. The minimum Gasteiger partial charge on any atom is -0.297 e. The van der Waals surface area contributed by atoms with Crippen LogP contribution in [0.15, 0.2) is 46.9 Å². The van der Waals surface area contributed by atoms with Gasteiger partial charge < -0.3 is 0 Å². The molecule has 0 aliphatic carbocycles. The molecule has 0 fully saturated rings. The molecule has 0 spiro atoms. The quantitative estimate of drug-likeness (QED) is 0.416. The lowest BCUT2D eigenvalue weighted by Crippen LogP contribution is -2.38. The molecule has 21 heavy (non-hydrogen) atoms. The van der Waals surface area contributed by atoms with Crippen molar-refractivity contribution in [2.75, 3.05) is 5.75 Å². The maximum Gasteiger partial charge on any atom is 0.193 e. The van der Waals surface area contributed by atoms with E-state index in [1.165, 1.54) is 17.8 Å². The van der Waals surface area contributed by atoms with E-state index >= 15 is 0 Å². The topological polar surface area (TPSA) is 55.3 Å². The number of aromatic nitrogens is 2. The van der Waals surface area contributed by atoms with E-state index in [4.69, 9.17) is 5.84 Å². The predicted molar refractivity (Wildman–Crippen MR) is 85.0 cm³/mol. The molecule has 3 N–H and O–H groups in total. The average Bonchev–Trinajstić information content (AvgIpc) is 3.06. The molecule has 0 saturated heterocycles. The molecule has 0 radical (unpaired) electrons. The molecule has 1 unspecified atom stereocenters. The maximum absolute atomic E-state index is 13.6. The summed E-state index contributed by atoms with van der Waals surface area (Å²) in [5.74, 6) is 6.09. The molecule has 0 saturated carbocycles. The highest BCUT2D eigenvalue weighted by Gasteiger charge is 2.13. The SMILES string of the molecule is NNC(CSc1ccccc1F)Cc1cn2ccsc2n1. The minimum atomic E-state index is -0.194. The Morgan fingerprint density at radius 2 is 2.29 bits per heavy atom. The fraction of sp³-hybridized carbons (Fsp3) is 0.214. The van der Waals surface area contributed by atoms with Gasteiger partial charge in [-0.15, -0.1) is 23.1 Å². The van der Waals surface area contributed by atoms with Gasteiger partial charge in [0.1, 0.15) is 5.82 Å². The first-order chi connectivity index (χ1) is 10.3. The van der Waals surface area contributed by atoms with Crippen LogP contribution >= 0.6 is 23.1 Å². The summed E-state index contributed by atoms with van der Waals surface area (Å²) in [5, 5.41) is 2.00. The second kappa shape index (κ2) is 6.57. The van der Waals surface area contributed by atoms with Crippen molar-refractivity contribution in [3.8, 4) is 0 Å². The van der Waals surface area contributed by atoms with Crippen LogP contribution in [0.2, 0.25) is 0 Å². The highest BCUT2D eigenvalue weighted by Crippen LogP contribution is 2.22. The molecule has 110 valence electrons. The van der Waals surface area contributed by atoms with Crippen LogP contribution in [0.3, 0.4) is 0 Å². The number of hydrogen-bond donors (Lipinski definition) is 2. The number of hydrazine groups is 1. The second-order valence-electron chi connectivity index (χ2n) is 4.63. The van der Waals surface area contributed by atoms with Gasteiger partial charge in [-0.2, -0.15) is 0 Å². The third-order valence-corrected chi connectivity index (χ3v) is 5.09. The summed E-state index contributed by atoms with van der Waals surface area (Å²) in [4.78, 5) is 6.15. The van der Waals surface area contributed by atoms with Gasteiger partial charge in [0.05, 0.1) is 5.69 Å². The van der Waals surface area contributed by atoms with Crippen LogP contribution in [0, 0.1) is 5.82 Å². The highest BCUT2D eigenvalue weighted by molar-refractivity contribution is 7.99. The first kappa shape index (κ1) is 14.5. The van der Waals surface area contributed by atoms with Gasteiger partial charge in [-0.1, -0.05) is 12.1 Å². The number of fused-ring (bicyclic) bond motifs is 1. The Morgan fingerprint density at radius 1 is 1.43 bits per heavy atom. The lowest BCUT2D eigenvalue weighted by molar-refractivity contribution is 0.568. The van der Waals surface area contributed by atoms with Crippen molar-refractivity contribution in [1.29, 1.82) is 0 Å². The molecule has 0 bridgehead atoms. The lowest BCUT2D eigenvalue weighted by atomic mass is 10.2. The van der Waals surface area contributed by atoms with Crippen LogP contribution in [-0.4, -0.2) is 21.2 Å². The first-order valence-electron chi connectivity index (χ1n) is 6.51. The zero-order valence-electron chi connectivity index (χ0n) is 11.2. The number of thioether (sulfide) groups is 1. The molecule has 3 rings (SSSR count). The fourth-order valence-electron chi connectivity index (χ4n) is 2.05.